The van der Waals surface area contributed by atoms with E-state index in [2.05, 4.69) is 89.3 Å². The Labute approximate surface area is 158 Å². The SMILES string of the molecule is CC1=C(c2cccc(-c3cccc(Br)c3)c2C2CCC2)C=CC=C=C1. The van der Waals surface area contributed by atoms with Gasteiger partial charge in [-0.3, -0.25) is 0 Å². The molecule has 0 heterocycles. The van der Waals surface area contributed by atoms with Gasteiger partial charge in [0.05, 0.1) is 0 Å². The van der Waals surface area contributed by atoms with E-state index in [1.54, 1.807) is 0 Å². The Bertz CT molecular complexity index is 932. The first-order valence-corrected chi connectivity index (χ1v) is 9.72. The van der Waals surface area contributed by atoms with Crippen LogP contribution in [0.15, 0.2) is 82.5 Å². The number of halogens is 1. The predicted molar refractivity (Wildman–Crippen MR) is 111 cm³/mol. The van der Waals surface area contributed by atoms with Crippen molar-refractivity contribution >= 4 is 21.5 Å². The lowest BCUT2D eigenvalue weighted by Crippen LogP contribution is -2.12. The van der Waals surface area contributed by atoms with E-state index in [1.807, 2.05) is 6.08 Å². The van der Waals surface area contributed by atoms with Gasteiger partial charge in [0.25, 0.3) is 0 Å². The third-order valence-electron chi connectivity index (χ3n) is 5.23. The van der Waals surface area contributed by atoms with Crippen molar-refractivity contribution in [3.8, 4) is 11.1 Å². The zero-order valence-corrected chi connectivity index (χ0v) is 16.0. The molecule has 0 aromatic heterocycles. The van der Waals surface area contributed by atoms with Crippen LogP contribution in [0.3, 0.4) is 0 Å². The number of hydrogen-bond acceptors (Lipinski definition) is 0. The first-order chi connectivity index (χ1) is 12.2. The Morgan fingerprint density at radius 3 is 2.60 bits per heavy atom. The van der Waals surface area contributed by atoms with E-state index < -0.39 is 0 Å². The normalized spacial score (nSPS) is 16.9. The van der Waals surface area contributed by atoms with E-state index in [4.69, 9.17) is 0 Å². The van der Waals surface area contributed by atoms with Crippen molar-refractivity contribution in [2.75, 3.05) is 0 Å². The molecule has 1 saturated carbocycles. The van der Waals surface area contributed by atoms with Crippen molar-refractivity contribution in [1.82, 2.24) is 0 Å². The lowest BCUT2D eigenvalue weighted by Gasteiger charge is -2.31. The predicted octanol–water partition coefficient (Wildman–Crippen LogP) is 7.44. The van der Waals surface area contributed by atoms with Crippen molar-refractivity contribution in [2.45, 2.75) is 32.1 Å². The van der Waals surface area contributed by atoms with Crippen molar-refractivity contribution in [3.63, 3.8) is 0 Å². The molecule has 124 valence electrons. The molecule has 4 rings (SSSR count). The highest BCUT2D eigenvalue weighted by atomic mass is 79.9. The maximum Gasteiger partial charge on any atom is 0.0181 e. The highest BCUT2D eigenvalue weighted by molar-refractivity contribution is 9.10. The molecule has 0 spiro atoms. The van der Waals surface area contributed by atoms with Crippen molar-refractivity contribution in [2.24, 2.45) is 0 Å². The lowest BCUT2D eigenvalue weighted by molar-refractivity contribution is 0.420. The van der Waals surface area contributed by atoms with Crippen LogP contribution in [0.4, 0.5) is 0 Å². The topological polar surface area (TPSA) is 0 Å². The minimum absolute atomic E-state index is 0.666. The van der Waals surface area contributed by atoms with E-state index >= 15 is 0 Å². The molecule has 0 atom stereocenters. The molecule has 0 unspecified atom stereocenters. The van der Waals surface area contributed by atoms with Gasteiger partial charge in [0.15, 0.2) is 0 Å². The largest absolute Gasteiger partial charge is 0.121 e. The van der Waals surface area contributed by atoms with Gasteiger partial charge < -0.3 is 0 Å². The van der Waals surface area contributed by atoms with Crippen molar-refractivity contribution in [3.05, 3.63) is 93.7 Å². The second-order valence-corrected chi connectivity index (χ2v) is 7.75. The van der Waals surface area contributed by atoms with Crippen molar-refractivity contribution in [1.29, 1.82) is 0 Å². The van der Waals surface area contributed by atoms with Crippen LogP contribution in [0.1, 0.15) is 43.2 Å². The molecule has 25 heavy (non-hydrogen) atoms. The second kappa shape index (κ2) is 7.04. The van der Waals surface area contributed by atoms with Crippen LogP contribution >= 0.6 is 15.9 Å². The van der Waals surface area contributed by atoms with Gasteiger partial charge in [-0.2, -0.15) is 0 Å². The summed E-state index contributed by atoms with van der Waals surface area (Å²) in [6, 6.07) is 15.4. The number of hydrogen-bond donors (Lipinski definition) is 0. The van der Waals surface area contributed by atoms with Gasteiger partial charge in [0.1, 0.15) is 0 Å². The molecule has 2 aliphatic rings. The Balaban J connectivity index is 1.94. The van der Waals surface area contributed by atoms with Gasteiger partial charge in [-0.25, -0.2) is 0 Å². The molecule has 2 aromatic carbocycles. The smallest absolute Gasteiger partial charge is 0.0181 e. The van der Waals surface area contributed by atoms with E-state index in [-0.39, 0.29) is 0 Å². The Hall–Kier alpha value is -2.08. The molecule has 0 aliphatic heterocycles. The van der Waals surface area contributed by atoms with Gasteiger partial charge >= 0.3 is 0 Å². The summed E-state index contributed by atoms with van der Waals surface area (Å²) in [7, 11) is 0. The zero-order valence-electron chi connectivity index (χ0n) is 14.4. The Morgan fingerprint density at radius 2 is 1.84 bits per heavy atom. The number of rotatable bonds is 3. The van der Waals surface area contributed by atoms with E-state index in [9.17, 15) is 0 Å². The highest BCUT2D eigenvalue weighted by Crippen LogP contribution is 2.45. The summed E-state index contributed by atoms with van der Waals surface area (Å²) < 4.78 is 1.13. The van der Waals surface area contributed by atoms with Crippen LogP contribution in [0, 0.1) is 0 Å². The molecule has 1 fully saturated rings. The summed E-state index contributed by atoms with van der Waals surface area (Å²) in [5, 5.41) is 0. The molecular weight excluding hydrogens is 368 g/mol. The van der Waals surface area contributed by atoms with Gasteiger partial charge in [-0.05, 0) is 83.4 Å². The van der Waals surface area contributed by atoms with Gasteiger partial charge in [-0.1, -0.05) is 64.8 Å². The number of benzene rings is 2. The van der Waals surface area contributed by atoms with Crippen molar-refractivity contribution < 1.29 is 0 Å². The van der Waals surface area contributed by atoms with Crippen LogP contribution in [0.2, 0.25) is 0 Å². The van der Waals surface area contributed by atoms with Crippen LogP contribution in [-0.4, -0.2) is 0 Å². The van der Waals surface area contributed by atoms with Crippen LogP contribution in [-0.2, 0) is 0 Å². The van der Waals surface area contributed by atoms with E-state index in [0.717, 1.165) is 4.47 Å². The van der Waals surface area contributed by atoms with E-state index in [1.165, 1.54) is 52.7 Å². The zero-order chi connectivity index (χ0) is 17.2. The molecule has 0 saturated heterocycles. The molecule has 0 N–H and O–H groups in total. The first kappa shape index (κ1) is 16.4. The third kappa shape index (κ3) is 3.23. The minimum Gasteiger partial charge on any atom is -0.121 e. The quantitative estimate of drug-likeness (QED) is 0.479. The highest BCUT2D eigenvalue weighted by Gasteiger charge is 2.26. The average molecular weight is 389 g/mol. The fourth-order valence-corrected chi connectivity index (χ4v) is 4.13. The third-order valence-corrected chi connectivity index (χ3v) is 5.72. The Kier molecular flexibility index (Phi) is 4.61. The average Bonchev–Trinajstić information content (AvgIpc) is 2.78. The van der Waals surface area contributed by atoms with Crippen LogP contribution in [0.5, 0.6) is 0 Å². The fourth-order valence-electron chi connectivity index (χ4n) is 3.73. The minimum atomic E-state index is 0.666. The summed E-state index contributed by atoms with van der Waals surface area (Å²) in [4.78, 5) is 0. The molecule has 0 nitrogen and oxygen atoms in total. The molecular formula is C24H21Br. The fraction of sp³-hybridized carbons (Fsp3) is 0.208. The van der Waals surface area contributed by atoms with Gasteiger partial charge in [0.2, 0.25) is 0 Å². The second-order valence-electron chi connectivity index (χ2n) is 6.84. The van der Waals surface area contributed by atoms with Crippen LogP contribution in [0.25, 0.3) is 16.7 Å². The monoisotopic (exact) mass is 388 g/mol. The molecule has 0 radical (unpaired) electrons. The number of allylic oxidation sites excluding steroid dienone is 5. The van der Waals surface area contributed by atoms with E-state index in [0.29, 0.717) is 5.92 Å². The molecule has 1 heteroatoms. The first-order valence-electron chi connectivity index (χ1n) is 8.93. The molecule has 2 aromatic rings. The molecule has 2 aliphatic carbocycles. The van der Waals surface area contributed by atoms with Gasteiger partial charge in [-0.15, -0.1) is 5.73 Å². The summed E-state index contributed by atoms with van der Waals surface area (Å²) in [6.07, 6.45) is 12.3. The Morgan fingerprint density at radius 1 is 1.04 bits per heavy atom. The summed E-state index contributed by atoms with van der Waals surface area (Å²) in [6.45, 7) is 2.18. The van der Waals surface area contributed by atoms with Gasteiger partial charge in [0, 0.05) is 4.47 Å². The molecule has 0 amide bonds. The summed E-state index contributed by atoms with van der Waals surface area (Å²) in [5.41, 5.74) is 11.4. The maximum atomic E-state index is 3.63. The summed E-state index contributed by atoms with van der Waals surface area (Å²) in [5.74, 6) is 0.666. The van der Waals surface area contributed by atoms with Crippen LogP contribution < -0.4 is 0 Å². The summed E-state index contributed by atoms with van der Waals surface area (Å²) >= 11 is 3.63. The standard InChI is InChI=1S/C24H21Br/c1-17-8-3-2-4-13-21(17)23-15-7-14-22(24(23)18-9-5-10-18)19-11-6-12-20(25)16-19/h2,4,6-8,11-16,18H,5,9-10H2,1H3. The lowest BCUT2D eigenvalue weighted by atomic mass is 9.73. The maximum absolute atomic E-state index is 3.63. The molecule has 0 bridgehead atoms.